The molecule has 0 aliphatic carbocycles. The lowest BCUT2D eigenvalue weighted by Crippen LogP contribution is -2.33. The fraction of sp³-hybridized carbons (Fsp3) is 0.500. The van der Waals surface area contributed by atoms with Crippen molar-refractivity contribution in [2.24, 2.45) is 0 Å². The van der Waals surface area contributed by atoms with E-state index in [9.17, 15) is 10.1 Å². The van der Waals surface area contributed by atoms with Gasteiger partial charge in [-0.1, -0.05) is 11.6 Å². The summed E-state index contributed by atoms with van der Waals surface area (Å²) in [5, 5.41) is 15.0. The predicted octanol–water partition coefficient (Wildman–Crippen LogP) is 2.48. The van der Waals surface area contributed by atoms with Crippen molar-refractivity contribution in [3.63, 3.8) is 0 Å². The third-order valence-corrected chi connectivity index (χ3v) is 4.27. The summed E-state index contributed by atoms with van der Waals surface area (Å²) in [6.07, 6.45) is 2.88. The molecule has 0 radical (unpaired) electrons. The average molecular weight is 353 g/mol. The van der Waals surface area contributed by atoms with Crippen LogP contribution in [0.3, 0.4) is 0 Å². The highest BCUT2D eigenvalue weighted by molar-refractivity contribution is 6.33. The normalized spacial score (nSPS) is 15.5. The summed E-state index contributed by atoms with van der Waals surface area (Å²) >= 11 is 6.14. The molecule has 0 aromatic carbocycles. The highest BCUT2D eigenvalue weighted by Gasteiger charge is 2.27. The van der Waals surface area contributed by atoms with Gasteiger partial charge in [0.15, 0.2) is 0 Å². The number of piperidine rings is 1. The first kappa shape index (κ1) is 16.4. The van der Waals surface area contributed by atoms with Gasteiger partial charge in [0.2, 0.25) is 5.89 Å². The van der Waals surface area contributed by atoms with E-state index in [-0.39, 0.29) is 16.6 Å². The molecule has 2 aromatic heterocycles. The van der Waals surface area contributed by atoms with Gasteiger partial charge in [-0.25, -0.2) is 4.98 Å². The lowest BCUT2D eigenvalue weighted by molar-refractivity contribution is -0.385. The zero-order chi connectivity index (χ0) is 17.3. The second-order valence-corrected chi connectivity index (χ2v) is 6.25. The summed E-state index contributed by atoms with van der Waals surface area (Å²) in [6, 6.07) is 1.33. The van der Waals surface area contributed by atoms with Gasteiger partial charge in [0.25, 0.3) is 11.6 Å². The fourth-order valence-corrected chi connectivity index (χ4v) is 2.95. The Balaban J connectivity index is 1.67. The van der Waals surface area contributed by atoms with Crippen LogP contribution in [0.2, 0.25) is 5.02 Å². The lowest BCUT2D eigenvalue weighted by Gasteiger charge is -2.31. The van der Waals surface area contributed by atoms with Crippen LogP contribution >= 0.6 is 11.6 Å². The van der Waals surface area contributed by atoms with E-state index in [1.165, 1.54) is 12.3 Å². The zero-order valence-corrected chi connectivity index (χ0v) is 14.1. The van der Waals surface area contributed by atoms with Gasteiger partial charge in [-0.3, -0.25) is 10.1 Å². The van der Waals surface area contributed by atoms with Gasteiger partial charge in [0.05, 0.1) is 9.95 Å². The number of aromatic nitrogens is 3. The van der Waals surface area contributed by atoms with Crippen molar-refractivity contribution in [3.8, 4) is 0 Å². The van der Waals surface area contributed by atoms with Gasteiger partial charge < -0.3 is 14.3 Å². The van der Waals surface area contributed by atoms with E-state index in [0.29, 0.717) is 17.7 Å². The van der Waals surface area contributed by atoms with E-state index in [2.05, 4.69) is 15.1 Å². The Morgan fingerprint density at radius 1 is 1.42 bits per heavy atom. The van der Waals surface area contributed by atoms with Crippen molar-refractivity contribution in [2.75, 3.05) is 37.0 Å². The van der Waals surface area contributed by atoms with Gasteiger partial charge in [-0.05, 0) is 18.0 Å². The van der Waals surface area contributed by atoms with Crippen LogP contribution in [0.15, 0.2) is 16.8 Å². The molecular weight excluding hydrogens is 336 g/mol. The summed E-state index contributed by atoms with van der Waals surface area (Å²) in [7, 11) is 3.72. The molecule has 0 amide bonds. The third kappa shape index (κ3) is 3.25. The van der Waals surface area contributed by atoms with Crippen molar-refractivity contribution in [1.29, 1.82) is 0 Å². The zero-order valence-electron chi connectivity index (χ0n) is 13.3. The molecule has 0 atom stereocenters. The molecule has 2 aromatic rings. The van der Waals surface area contributed by atoms with E-state index in [4.69, 9.17) is 16.1 Å². The molecule has 10 heteroatoms. The van der Waals surface area contributed by atoms with Crippen LogP contribution in [0.1, 0.15) is 24.7 Å². The summed E-state index contributed by atoms with van der Waals surface area (Å²) in [6.45, 7) is 1.43. The summed E-state index contributed by atoms with van der Waals surface area (Å²) in [5.41, 5.74) is -0.110. The van der Waals surface area contributed by atoms with Crippen LogP contribution in [0, 0.1) is 10.1 Å². The lowest BCUT2D eigenvalue weighted by atomic mass is 9.97. The molecular formula is C14H17ClN6O3. The minimum atomic E-state index is -0.507. The number of pyridine rings is 1. The van der Waals surface area contributed by atoms with Gasteiger partial charge in [0, 0.05) is 39.2 Å². The molecule has 3 heterocycles. The predicted molar refractivity (Wildman–Crippen MR) is 88.7 cm³/mol. The number of anilines is 2. The Morgan fingerprint density at radius 3 is 2.67 bits per heavy atom. The Labute approximate surface area is 143 Å². The molecule has 0 unspecified atom stereocenters. The van der Waals surface area contributed by atoms with Crippen LogP contribution in [-0.2, 0) is 0 Å². The molecule has 0 saturated carbocycles. The fourth-order valence-electron chi connectivity index (χ4n) is 2.67. The first-order chi connectivity index (χ1) is 11.5. The Morgan fingerprint density at radius 2 is 2.12 bits per heavy atom. The number of nitro groups is 1. The van der Waals surface area contributed by atoms with Gasteiger partial charge in [-0.15, -0.1) is 0 Å². The summed E-state index contributed by atoms with van der Waals surface area (Å²) in [4.78, 5) is 22.6. The molecule has 0 N–H and O–H groups in total. The summed E-state index contributed by atoms with van der Waals surface area (Å²) in [5.74, 6) is 1.97. The minimum absolute atomic E-state index is 0.110. The van der Waals surface area contributed by atoms with Crippen molar-refractivity contribution < 1.29 is 9.45 Å². The molecule has 9 nitrogen and oxygen atoms in total. The second-order valence-electron chi connectivity index (χ2n) is 5.84. The van der Waals surface area contributed by atoms with E-state index < -0.39 is 4.92 Å². The molecule has 1 saturated heterocycles. The van der Waals surface area contributed by atoms with Crippen molar-refractivity contribution in [1.82, 2.24) is 15.1 Å². The van der Waals surface area contributed by atoms with Gasteiger partial charge >= 0.3 is 0 Å². The second kappa shape index (κ2) is 6.60. The standard InChI is InChI=1S/C14H17ClN6O3/c1-19(2)14-17-13(24-18-14)9-3-5-20(6-4-9)12-11(15)7-10(8-16-12)21(22)23/h7-9H,3-6H2,1-2H3. The van der Waals surface area contributed by atoms with Crippen LogP contribution in [0.25, 0.3) is 0 Å². The number of nitrogens with zero attached hydrogens (tertiary/aromatic N) is 6. The van der Waals surface area contributed by atoms with Crippen LogP contribution in [0.5, 0.6) is 0 Å². The van der Waals surface area contributed by atoms with E-state index in [0.717, 1.165) is 25.9 Å². The molecule has 1 aliphatic rings. The maximum Gasteiger partial charge on any atom is 0.289 e. The monoisotopic (exact) mass is 352 g/mol. The summed E-state index contributed by atoms with van der Waals surface area (Å²) < 4.78 is 5.33. The van der Waals surface area contributed by atoms with Crippen LogP contribution in [-0.4, -0.2) is 47.2 Å². The minimum Gasteiger partial charge on any atom is -0.355 e. The van der Waals surface area contributed by atoms with Crippen LogP contribution in [0.4, 0.5) is 17.5 Å². The van der Waals surface area contributed by atoms with E-state index in [1.807, 2.05) is 19.0 Å². The third-order valence-electron chi connectivity index (χ3n) is 3.99. The quantitative estimate of drug-likeness (QED) is 0.611. The maximum absolute atomic E-state index is 10.8. The van der Waals surface area contributed by atoms with Crippen molar-refractivity contribution in [2.45, 2.75) is 18.8 Å². The van der Waals surface area contributed by atoms with E-state index >= 15 is 0 Å². The largest absolute Gasteiger partial charge is 0.355 e. The molecule has 128 valence electrons. The van der Waals surface area contributed by atoms with E-state index in [1.54, 1.807) is 4.90 Å². The Hall–Kier alpha value is -2.42. The van der Waals surface area contributed by atoms with Gasteiger partial charge in [0.1, 0.15) is 12.0 Å². The van der Waals surface area contributed by atoms with Crippen molar-refractivity contribution >= 4 is 29.1 Å². The highest BCUT2D eigenvalue weighted by atomic mass is 35.5. The van der Waals surface area contributed by atoms with Gasteiger partial charge in [-0.2, -0.15) is 4.98 Å². The Bertz CT molecular complexity index is 742. The van der Waals surface area contributed by atoms with Crippen molar-refractivity contribution in [3.05, 3.63) is 33.3 Å². The topological polar surface area (TPSA) is 101 Å². The number of hydrogen-bond donors (Lipinski definition) is 0. The smallest absolute Gasteiger partial charge is 0.289 e. The first-order valence-electron chi connectivity index (χ1n) is 7.51. The number of halogens is 1. The van der Waals surface area contributed by atoms with Crippen LogP contribution < -0.4 is 9.80 Å². The molecule has 0 spiro atoms. The first-order valence-corrected chi connectivity index (χ1v) is 7.89. The molecule has 3 rings (SSSR count). The average Bonchev–Trinajstić information content (AvgIpc) is 3.05. The molecule has 1 fully saturated rings. The molecule has 24 heavy (non-hydrogen) atoms. The Kier molecular flexibility index (Phi) is 4.52. The number of hydrogen-bond acceptors (Lipinski definition) is 8. The highest BCUT2D eigenvalue weighted by Crippen LogP contribution is 2.33. The molecule has 1 aliphatic heterocycles. The molecule has 0 bridgehead atoms. The number of rotatable bonds is 4. The SMILES string of the molecule is CN(C)c1noc(C2CCN(c3ncc([N+](=O)[O-])cc3Cl)CC2)n1. The maximum atomic E-state index is 10.8.